The maximum absolute atomic E-state index is 12.4. The van der Waals surface area contributed by atoms with Crippen LogP contribution in [0.15, 0.2) is 41.8 Å². The molecule has 1 fully saturated rings. The average Bonchev–Trinajstić information content (AvgIpc) is 3.23. The smallest absolute Gasteiger partial charge is 0.279 e. The summed E-state index contributed by atoms with van der Waals surface area (Å²) in [5, 5.41) is 5.10. The van der Waals surface area contributed by atoms with Gasteiger partial charge in [-0.3, -0.25) is 4.79 Å². The molecule has 0 spiro atoms. The summed E-state index contributed by atoms with van der Waals surface area (Å²) in [5.41, 5.74) is 2.05. The van der Waals surface area contributed by atoms with Gasteiger partial charge in [-0.15, -0.1) is 11.3 Å². The molecule has 1 aliphatic rings. The summed E-state index contributed by atoms with van der Waals surface area (Å²) in [7, 11) is 0. The second-order valence-corrected chi connectivity index (χ2v) is 7.47. The minimum absolute atomic E-state index is 0.0587. The molecule has 0 radical (unpaired) electrons. The van der Waals surface area contributed by atoms with Gasteiger partial charge in [0, 0.05) is 12.3 Å². The first-order valence-electron chi connectivity index (χ1n) is 8.53. The van der Waals surface area contributed by atoms with E-state index in [2.05, 4.69) is 22.8 Å². The highest BCUT2D eigenvalue weighted by atomic mass is 32.1. The lowest BCUT2D eigenvalue weighted by molar-refractivity contribution is -0.908. The first-order chi connectivity index (χ1) is 11.7. The Balaban J connectivity index is 1.58. The fourth-order valence-corrected chi connectivity index (χ4v) is 3.84. The zero-order valence-corrected chi connectivity index (χ0v) is 14.9. The highest BCUT2D eigenvalue weighted by molar-refractivity contribution is 7.09. The van der Waals surface area contributed by atoms with Gasteiger partial charge in [-0.25, -0.2) is 0 Å². The van der Waals surface area contributed by atoms with Gasteiger partial charge in [-0.2, -0.15) is 0 Å². The van der Waals surface area contributed by atoms with Crippen molar-refractivity contribution >= 4 is 22.9 Å². The summed E-state index contributed by atoms with van der Waals surface area (Å²) in [6.07, 6.45) is 2.52. The predicted molar refractivity (Wildman–Crippen MR) is 97.5 cm³/mol. The number of carbonyl (C=O) groups excluding carboxylic acids is 1. The van der Waals surface area contributed by atoms with Crippen LogP contribution in [0.4, 0.5) is 5.69 Å². The van der Waals surface area contributed by atoms with Crippen LogP contribution < -0.4 is 10.2 Å². The first-order valence-corrected chi connectivity index (χ1v) is 9.41. The monoisotopic (exact) mass is 345 g/mol. The molecule has 4 nitrogen and oxygen atoms in total. The van der Waals surface area contributed by atoms with Crippen molar-refractivity contribution in [1.82, 2.24) is 0 Å². The van der Waals surface area contributed by atoms with E-state index >= 15 is 0 Å². The number of rotatable bonds is 7. The number of quaternary nitrogens is 1. The highest BCUT2D eigenvalue weighted by Gasteiger charge is 2.24. The van der Waals surface area contributed by atoms with Crippen molar-refractivity contribution in [1.29, 1.82) is 0 Å². The number of amides is 1. The molecule has 2 aromatic rings. The lowest BCUT2D eigenvalue weighted by Gasteiger charge is -2.21. The summed E-state index contributed by atoms with van der Waals surface area (Å²) < 4.78 is 5.77. The minimum atomic E-state index is 0.0587. The van der Waals surface area contributed by atoms with E-state index in [1.54, 1.807) is 11.3 Å². The summed E-state index contributed by atoms with van der Waals surface area (Å²) in [4.78, 5) is 15.0. The third kappa shape index (κ3) is 5.16. The highest BCUT2D eigenvalue weighted by Crippen LogP contribution is 2.11. The second-order valence-electron chi connectivity index (χ2n) is 6.44. The zero-order valence-electron chi connectivity index (χ0n) is 14.1. The number of aryl methyl sites for hydroxylation is 1. The minimum Gasteiger partial charge on any atom is -0.372 e. The summed E-state index contributed by atoms with van der Waals surface area (Å²) in [6.45, 7) is 5.12. The normalized spacial score (nSPS) is 18.5. The number of anilines is 1. The van der Waals surface area contributed by atoms with Gasteiger partial charge < -0.3 is 15.0 Å². The number of carbonyl (C=O) groups is 1. The van der Waals surface area contributed by atoms with Crippen molar-refractivity contribution in [2.75, 3.05) is 25.0 Å². The van der Waals surface area contributed by atoms with Crippen LogP contribution in [0.1, 0.15) is 23.3 Å². The van der Waals surface area contributed by atoms with E-state index in [-0.39, 0.29) is 12.0 Å². The number of hydrogen-bond donors (Lipinski definition) is 2. The van der Waals surface area contributed by atoms with Gasteiger partial charge in [0.05, 0.1) is 4.88 Å². The molecule has 1 aliphatic heterocycles. The average molecular weight is 345 g/mol. The topological polar surface area (TPSA) is 42.8 Å². The van der Waals surface area contributed by atoms with Gasteiger partial charge >= 0.3 is 0 Å². The van der Waals surface area contributed by atoms with E-state index in [1.807, 2.05) is 31.2 Å². The molecule has 2 atom stereocenters. The van der Waals surface area contributed by atoms with Crippen LogP contribution in [0.2, 0.25) is 0 Å². The van der Waals surface area contributed by atoms with Crippen LogP contribution in [-0.4, -0.2) is 31.7 Å². The molecule has 0 bridgehead atoms. The van der Waals surface area contributed by atoms with Crippen molar-refractivity contribution in [3.63, 3.8) is 0 Å². The van der Waals surface area contributed by atoms with Crippen molar-refractivity contribution in [3.8, 4) is 0 Å². The lowest BCUT2D eigenvalue weighted by atomic mass is 10.2. The van der Waals surface area contributed by atoms with Gasteiger partial charge in [-0.05, 0) is 43.3 Å². The van der Waals surface area contributed by atoms with E-state index in [4.69, 9.17) is 4.74 Å². The van der Waals surface area contributed by atoms with Crippen molar-refractivity contribution < 1.29 is 14.4 Å². The zero-order chi connectivity index (χ0) is 16.8. The third-order valence-corrected chi connectivity index (χ3v) is 5.17. The number of benzene rings is 1. The second kappa shape index (κ2) is 8.42. The fraction of sp³-hybridized carbons (Fsp3) is 0.421. The standard InChI is InChI=1S/C19H24N2O2S/c1-15-6-8-16(9-7-15)20-19(22)14-21(12-17-4-2-10-23-17)13-18-5-3-11-24-18/h3,5-9,11,17H,2,4,10,12-14H2,1H3,(H,20,22)/p+1/t17-/m1/s1. The van der Waals surface area contributed by atoms with E-state index < -0.39 is 0 Å². The Morgan fingerprint density at radius 1 is 1.33 bits per heavy atom. The van der Waals surface area contributed by atoms with Crippen molar-refractivity contribution in [2.45, 2.75) is 32.4 Å². The molecule has 1 aromatic heterocycles. The van der Waals surface area contributed by atoms with Gasteiger partial charge in [0.25, 0.3) is 5.91 Å². The molecular weight excluding hydrogens is 320 g/mol. The molecule has 1 aromatic carbocycles. The number of nitrogens with one attached hydrogen (secondary N) is 2. The quantitative estimate of drug-likeness (QED) is 0.808. The summed E-state index contributed by atoms with van der Waals surface area (Å²) >= 11 is 1.75. The van der Waals surface area contributed by atoms with Crippen LogP contribution in [0.25, 0.3) is 0 Å². The van der Waals surface area contributed by atoms with Crippen LogP contribution in [-0.2, 0) is 16.1 Å². The number of hydrogen-bond acceptors (Lipinski definition) is 3. The Morgan fingerprint density at radius 3 is 2.83 bits per heavy atom. The molecule has 1 saturated heterocycles. The Bertz CT molecular complexity index is 634. The molecule has 24 heavy (non-hydrogen) atoms. The Hall–Kier alpha value is -1.69. The van der Waals surface area contributed by atoms with E-state index in [9.17, 15) is 4.79 Å². The lowest BCUT2D eigenvalue weighted by Crippen LogP contribution is -3.12. The maximum atomic E-state index is 12.4. The van der Waals surface area contributed by atoms with Crippen molar-refractivity contribution in [2.24, 2.45) is 0 Å². The van der Waals surface area contributed by atoms with Crippen LogP contribution in [0, 0.1) is 6.92 Å². The Labute approximate surface area is 147 Å². The van der Waals surface area contributed by atoms with Crippen LogP contribution in [0.5, 0.6) is 0 Å². The van der Waals surface area contributed by atoms with Gasteiger partial charge in [0.15, 0.2) is 6.54 Å². The maximum Gasteiger partial charge on any atom is 0.279 e. The molecule has 0 aliphatic carbocycles. The molecule has 5 heteroatoms. The molecule has 2 heterocycles. The third-order valence-electron chi connectivity index (χ3n) is 4.29. The molecular formula is C19H25N2O2S+. The predicted octanol–water partition coefficient (Wildman–Crippen LogP) is 2.26. The van der Waals surface area contributed by atoms with Crippen LogP contribution >= 0.6 is 11.3 Å². The van der Waals surface area contributed by atoms with E-state index in [0.29, 0.717) is 6.54 Å². The Morgan fingerprint density at radius 2 is 2.17 bits per heavy atom. The van der Waals surface area contributed by atoms with Crippen LogP contribution in [0.3, 0.4) is 0 Å². The molecule has 1 unspecified atom stereocenters. The summed E-state index contributed by atoms with van der Waals surface area (Å²) in [5.74, 6) is 0.0587. The fourth-order valence-electron chi connectivity index (χ4n) is 3.06. The SMILES string of the molecule is Cc1ccc(NC(=O)C[NH+](Cc2cccs2)C[C@H]2CCCO2)cc1. The largest absolute Gasteiger partial charge is 0.372 e. The van der Waals surface area contributed by atoms with Crippen molar-refractivity contribution in [3.05, 3.63) is 52.2 Å². The summed E-state index contributed by atoms with van der Waals surface area (Å²) in [6, 6.07) is 12.1. The number of ether oxygens (including phenoxy) is 1. The molecule has 128 valence electrons. The molecule has 0 saturated carbocycles. The van der Waals surface area contributed by atoms with Gasteiger partial charge in [0.1, 0.15) is 19.2 Å². The first kappa shape index (κ1) is 17.1. The molecule has 2 N–H and O–H groups in total. The number of thiophene rings is 1. The van der Waals surface area contributed by atoms with E-state index in [1.165, 1.54) is 15.3 Å². The van der Waals surface area contributed by atoms with E-state index in [0.717, 1.165) is 38.2 Å². The molecule has 1 amide bonds. The Kier molecular flexibility index (Phi) is 6.01. The molecule has 3 rings (SSSR count). The van der Waals surface area contributed by atoms with Gasteiger partial charge in [-0.1, -0.05) is 23.8 Å². The van der Waals surface area contributed by atoms with Gasteiger partial charge in [0.2, 0.25) is 0 Å².